The molecule has 4 nitrogen and oxygen atoms in total. The van der Waals surface area contributed by atoms with E-state index in [2.05, 4.69) is 18.8 Å². The number of hydrogen-bond donors (Lipinski definition) is 2. The van der Waals surface area contributed by atoms with Gasteiger partial charge in [-0.2, -0.15) is 0 Å². The van der Waals surface area contributed by atoms with Gasteiger partial charge in [-0.15, -0.1) is 0 Å². The fourth-order valence-electron chi connectivity index (χ4n) is 1.89. The number of phenols is 1. The summed E-state index contributed by atoms with van der Waals surface area (Å²) in [5.41, 5.74) is 2.52. The molecule has 0 radical (unpaired) electrons. The van der Waals surface area contributed by atoms with E-state index in [0.717, 1.165) is 5.56 Å². The summed E-state index contributed by atoms with van der Waals surface area (Å²) in [5, 5.41) is 18.4. The van der Waals surface area contributed by atoms with E-state index in [0.29, 0.717) is 11.6 Å². The average Bonchev–Trinajstić information content (AvgIpc) is 2.46. The predicted octanol–water partition coefficient (Wildman–Crippen LogP) is 3.96. The predicted molar refractivity (Wildman–Crippen MR) is 82.9 cm³/mol. The molecular formula is C17H17NO3. The minimum absolute atomic E-state index is 0.153. The molecule has 21 heavy (non-hydrogen) atoms. The highest BCUT2D eigenvalue weighted by Gasteiger charge is 2.09. The van der Waals surface area contributed by atoms with E-state index in [1.54, 1.807) is 12.3 Å². The molecule has 0 atom stereocenters. The molecule has 0 amide bonds. The highest BCUT2D eigenvalue weighted by atomic mass is 16.4. The number of carboxylic acids is 1. The Bertz CT molecular complexity index is 673. The molecule has 0 spiro atoms. The van der Waals surface area contributed by atoms with Gasteiger partial charge in [0, 0.05) is 6.21 Å². The van der Waals surface area contributed by atoms with Gasteiger partial charge in [0.2, 0.25) is 0 Å². The van der Waals surface area contributed by atoms with Crippen LogP contribution in [0.15, 0.2) is 47.5 Å². The maximum atomic E-state index is 10.9. The molecule has 2 N–H and O–H groups in total. The molecule has 0 heterocycles. The van der Waals surface area contributed by atoms with Crippen LogP contribution in [0.3, 0.4) is 0 Å². The Hall–Kier alpha value is -2.62. The molecule has 2 aromatic carbocycles. The molecule has 0 aliphatic heterocycles. The van der Waals surface area contributed by atoms with E-state index < -0.39 is 5.97 Å². The van der Waals surface area contributed by atoms with Gasteiger partial charge in [-0.25, -0.2) is 4.79 Å². The normalized spacial score (nSPS) is 11.2. The number of hydrogen-bond acceptors (Lipinski definition) is 3. The molecular weight excluding hydrogens is 266 g/mol. The number of carbonyl (C=O) groups is 1. The molecule has 0 aliphatic carbocycles. The molecule has 4 heteroatoms. The number of nitrogens with zero attached hydrogens (tertiary/aromatic N) is 1. The molecule has 2 rings (SSSR count). The summed E-state index contributed by atoms with van der Waals surface area (Å²) >= 11 is 0. The Kier molecular flexibility index (Phi) is 4.38. The van der Waals surface area contributed by atoms with Crippen LogP contribution in [0.5, 0.6) is 5.75 Å². The van der Waals surface area contributed by atoms with Crippen LogP contribution in [0.4, 0.5) is 5.69 Å². The molecule has 108 valence electrons. The molecule has 2 aromatic rings. The number of carboxylic acid groups (broad SMARTS) is 1. The first-order valence-electron chi connectivity index (χ1n) is 6.67. The maximum Gasteiger partial charge on any atom is 0.339 e. The van der Waals surface area contributed by atoms with Gasteiger partial charge in [-0.3, -0.25) is 4.99 Å². The second-order valence-corrected chi connectivity index (χ2v) is 5.09. The number of aromatic hydroxyl groups is 1. The number of aromatic carboxylic acids is 1. The standard InChI is InChI=1S/C17H17NO3/c1-11(2)13-5-3-12(4-6-13)10-18-14-7-8-16(19)15(9-14)17(20)21/h3-11,19H,1-2H3,(H,20,21). The van der Waals surface area contributed by atoms with E-state index in [1.807, 2.05) is 24.3 Å². The lowest BCUT2D eigenvalue weighted by Crippen LogP contribution is -1.95. The molecule has 0 fully saturated rings. The lowest BCUT2D eigenvalue weighted by Gasteiger charge is -2.04. The third-order valence-corrected chi connectivity index (χ3v) is 3.18. The van der Waals surface area contributed by atoms with Crippen molar-refractivity contribution in [2.24, 2.45) is 4.99 Å². The minimum Gasteiger partial charge on any atom is -0.507 e. The van der Waals surface area contributed by atoms with Gasteiger partial charge in [-0.1, -0.05) is 38.1 Å². The first-order valence-corrected chi connectivity index (χ1v) is 6.67. The third-order valence-electron chi connectivity index (χ3n) is 3.18. The van der Waals surface area contributed by atoms with Gasteiger partial charge < -0.3 is 10.2 Å². The summed E-state index contributed by atoms with van der Waals surface area (Å²) in [6.07, 6.45) is 1.67. The second kappa shape index (κ2) is 6.22. The summed E-state index contributed by atoms with van der Waals surface area (Å²) in [4.78, 5) is 15.2. The Labute approximate surface area is 123 Å². The lowest BCUT2D eigenvalue weighted by molar-refractivity contribution is 0.0694. The van der Waals surface area contributed by atoms with E-state index in [-0.39, 0.29) is 11.3 Å². The monoisotopic (exact) mass is 283 g/mol. The van der Waals surface area contributed by atoms with Gasteiger partial charge in [-0.05, 0) is 35.2 Å². The Morgan fingerprint density at radius 3 is 2.38 bits per heavy atom. The zero-order valence-corrected chi connectivity index (χ0v) is 11.9. The van der Waals surface area contributed by atoms with E-state index in [9.17, 15) is 9.90 Å². The van der Waals surface area contributed by atoms with Gasteiger partial charge in [0.1, 0.15) is 11.3 Å². The van der Waals surface area contributed by atoms with Gasteiger partial charge in [0.15, 0.2) is 0 Å². The number of rotatable bonds is 4. The quantitative estimate of drug-likeness (QED) is 0.834. The first-order chi connectivity index (χ1) is 9.97. The van der Waals surface area contributed by atoms with Crippen molar-refractivity contribution < 1.29 is 15.0 Å². The van der Waals surface area contributed by atoms with Crippen LogP contribution in [0.2, 0.25) is 0 Å². The minimum atomic E-state index is -1.18. The Morgan fingerprint density at radius 1 is 1.14 bits per heavy atom. The van der Waals surface area contributed by atoms with E-state index in [4.69, 9.17) is 5.11 Å². The summed E-state index contributed by atoms with van der Waals surface area (Å²) in [7, 11) is 0. The number of aliphatic imine (C=N–C) groups is 1. The highest BCUT2D eigenvalue weighted by Crippen LogP contribution is 2.23. The molecule has 0 saturated heterocycles. The van der Waals surface area contributed by atoms with Gasteiger partial charge in [0.25, 0.3) is 0 Å². The van der Waals surface area contributed by atoms with Crippen molar-refractivity contribution in [3.05, 3.63) is 59.2 Å². The Balaban J connectivity index is 2.21. The SMILES string of the molecule is CC(C)c1ccc(C=Nc2ccc(O)c(C(=O)O)c2)cc1. The summed E-state index contributed by atoms with van der Waals surface area (Å²) < 4.78 is 0. The molecule has 0 unspecified atom stereocenters. The fourth-order valence-corrected chi connectivity index (χ4v) is 1.89. The average molecular weight is 283 g/mol. The van der Waals surface area contributed by atoms with Crippen molar-refractivity contribution in [1.82, 2.24) is 0 Å². The van der Waals surface area contributed by atoms with E-state index in [1.165, 1.54) is 17.7 Å². The van der Waals surface area contributed by atoms with Gasteiger partial charge >= 0.3 is 5.97 Å². The van der Waals surface area contributed by atoms with Gasteiger partial charge in [0.05, 0.1) is 5.69 Å². The topological polar surface area (TPSA) is 69.9 Å². The van der Waals surface area contributed by atoms with Crippen LogP contribution >= 0.6 is 0 Å². The zero-order chi connectivity index (χ0) is 15.4. The summed E-state index contributed by atoms with van der Waals surface area (Å²) in [6, 6.07) is 12.3. The van der Waals surface area contributed by atoms with E-state index >= 15 is 0 Å². The smallest absolute Gasteiger partial charge is 0.339 e. The highest BCUT2D eigenvalue weighted by molar-refractivity contribution is 5.92. The first kappa shape index (κ1) is 14.8. The van der Waals surface area contributed by atoms with Crippen LogP contribution in [0.1, 0.15) is 41.3 Å². The van der Waals surface area contributed by atoms with Crippen LogP contribution in [-0.4, -0.2) is 22.4 Å². The van der Waals surface area contributed by atoms with Crippen molar-refractivity contribution in [2.45, 2.75) is 19.8 Å². The summed E-state index contributed by atoms with van der Waals surface area (Å²) in [5.74, 6) is -0.959. The van der Waals surface area contributed by atoms with Crippen LogP contribution in [0, 0.1) is 0 Å². The largest absolute Gasteiger partial charge is 0.507 e. The van der Waals surface area contributed by atoms with Crippen LogP contribution in [0.25, 0.3) is 0 Å². The molecule has 0 bridgehead atoms. The Morgan fingerprint density at radius 2 is 1.81 bits per heavy atom. The second-order valence-electron chi connectivity index (χ2n) is 5.09. The van der Waals surface area contributed by atoms with Crippen LogP contribution < -0.4 is 0 Å². The van der Waals surface area contributed by atoms with Crippen LogP contribution in [-0.2, 0) is 0 Å². The van der Waals surface area contributed by atoms with Crippen molar-refractivity contribution >= 4 is 17.9 Å². The zero-order valence-electron chi connectivity index (χ0n) is 11.9. The molecule has 0 saturated carbocycles. The fraction of sp³-hybridized carbons (Fsp3) is 0.176. The van der Waals surface area contributed by atoms with Crippen molar-refractivity contribution in [1.29, 1.82) is 0 Å². The maximum absolute atomic E-state index is 10.9. The lowest BCUT2D eigenvalue weighted by atomic mass is 10.0. The van der Waals surface area contributed by atoms with Crippen molar-refractivity contribution in [2.75, 3.05) is 0 Å². The van der Waals surface area contributed by atoms with Crippen molar-refractivity contribution in [3.8, 4) is 5.75 Å². The molecule has 0 aromatic heterocycles. The number of benzene rings is 2. The summed E-state index contributed by atoms with van der Waals surface area (Å²) in [6.45, 7) is 4.26. The third kappa shape index (κ3) is 3.69. The van der Waals surface area contributed by atoms with Crippen molar-refractivity contribution in [3.63, 3.8) is 0 Å². The molecule has 0 aliphatic rings.